The number of fused-ring (bicyclic) bond motifs is 5. The van der Waals surface area contributed by atoms with Gasteiger partial charge >= 0.3 is 0 Å². The summed E-state index contributed by atoms with van der Waals surface area (Å²) in [5.41, 5.74) is 9.06. The van der Waals surface area contributed by atoms with Crippen molar-refractivity contribution < 1.29 is 9.53 Å². The number of carbonyl (C=O) groups excluding carboxylic acids is 1. The van der Waals surface area contributed by atoms with Crippen LogP contribution in [0.1, 0.15) is 85.5 Å². The van der Waals surface area contributed by atoms with E-state index in [1.165, 1.54) is 51.4 Å². The number of nitrogens with one attached hydrogen (secondary N) is 1. The number of amidine groups is 1. The van der Waals surface area contributed by atoms with Crippen molar-refractivity contribution in [1.29, 1.82) is 0 Å². The fourth-order valence-corrected chi connectivity index (χ4v) is 8.73. The first-order chi connectivity index (χ1) is 14.8. The molecule has 0 heterocycles. The third kappa shape index (κ3) is 4.05. The molecular formula is C26H45N3O2. The summed E-state index contributed by atoms with van der Waals surface area (Å²) in [5, 5.41) is 4.03. The Morgan fingerprint density at radius 1 is 1.13 bits per heavy atom. The van der Waals surface area contributed by atoms with E-state index in [9.17, 15) is 4.79 Å². The summed E-state index contributed by atoms with van der Waals surface area (Å²) in [6.45, 7) is 10.9. The zero-order valence-corrected chi connectivity index (χ0v) is 20.3. The van der Waals surface area contributed by atoms with Crippen LogP contribution in [0.25, 0.3) is 0 Å². The van der Waals surface area contributed by atoms with Crippen molar-refractivity contribution in [2.45, 2.75) is 85.5 Å². The average Bonchev–Trinajstić information content (AvgIpc) is 3.09. The van der Waals surface area contributed by atoms with Crippen molar-refractivity contribution in [3.05, 3.63) is 0 Å². The molecule has 8 unspecified atom stereocenters. The third-order valence-corrected chi connectivity index (χ3v) is 10.1. The molecule has 0 spiro atoms. The molecule has 4 fully saturated rings. The van der Waals surface area contributed by atoms with Crippen LogP contribution in [-0.2, 0) is 9.53 Å². The Morgan fingerprint density at radius 3 is 2.68 bits per heavy atom. The van der Waals surface area contributed by atoms with Gasteiger partial charge < -0.3 is 15.9 Å². The van der Waals surface area contributed by atoms with Crippen molar-refractivity contribution in [1.82, 2.24) is 5.43 Å². The number of hydrazone groups is 1. The molecule has 0 aromatic heterocycles. The number of ether oxygens (including phenoxy) is 1. The van der Waals surface area contributed by atoms with Crippen LogP contribution in [0.4, 0.5) is 0 Å². The molecule has 5 heteroatoms. The second-order valence-electron chi connectivity index (χ2n) is 11.6. The quantitative estimate of drug-likeness (QED) is 0.346. The summed E-state index contributed by atoms with van der Waals surface area (Å²) >= 11 is 0. The predicted octanol–water partition coefficient (Wildman–Crippen LogP) is 4.75. The Kier molecular flexibility index (Phi) is 6.72. The van der Waals surface area contributed by atoms with Gasteiger partial charge in [-0.15, -0.1) is 0 Å². The summed E-state index contributed by atoms with van der Waals surface area (Å²) in [4.78, 5) is 13.1. The molecular weight excluding hydrogens is 386 g/mol. The molecule has 4 aliphatic carbocycles. The van der Waals surface area contributed by atoms with Crippen LogP contribution in [-0.4, -0.2) is 31.4 Å². The maximum absolute atomic E-state index is 13.1. The lowest BCUT2D eigenvalue weighted by molar-refractivity contribution is -0.157. The molecule has 31 heavy (non-hydrogen) atoms. The van der Waals surface area contributed by atoms with Gasteiger partial charge in [-0.3, -0.25) is 4.79 Å². The van der Waals surface area contributed by atoms with Crippen molar-refractivity contribution >= 4 is 11.6 Å². The number of nitrogens with two attached hydrogens (primary N) is 1. The van der Waals surface area contributed by atoms with E-state index in [1.54, 1.807) is 6.92 Å². The van der Waals surface area contributed by atoms with Gasteiger partial charge in [-0.25, -0.2) is 0 Å². The van der Waals surface area contributed by atoms with E-state index in [2.05, 4.69) is 31.3 Å². The van der Waals surface area contributed by atoms with Crippen molar-refractivity contribution in [2.24, 2.45) is 57.2 Å². The molecule has 0 saturated heterocycles. The van der Waals surface area contributed by atoms with E-state index in [4.69, 9.17) is 10.5 Å². The van der Waals surface area contributed by atoms with E-state index < -0.39 is 0 Å². The molecule has 0 aliphatic heterocycles. The lowest BCUT2D eigenvalue weighted by Gasteiger charge is -2.62. The Morgan fingerprint density at radius 2 is 1.94 bits per heavy atom. The van der Waals surface area contributed by atoms with E-state index in [0.29, 0.717) is 29.5 Å². The monoisotopic (exact) mass is 431 g/mol. The summed E-state index contributed by atoms with van der Waals surface area (Å²) in [5.74, 6) is 4.95. The van der Waals surface area contributed by atoms with Gasteiger partial charge in [-0.1, -0.05) is 20.3 Å². The molecule has 4 aliphatic rings. The molecule has 0 amide bonds. The molecule has 3 N–H and O–H groups in total. The van der Waals surface area contributed by atoms with Gasteiger partial charge in [0.15, 0.2) is 5.78 Å². The summed E-state index contributed by atoms with van der Waals surface area (Å²) in [6, 6.07) is 0. The second-order valence-corrected chi connectivity index (χ2v) is 11.6. The van der Waals surface area contributed by atoms with Crippen LogP contribution >= 0.6 is 0 Å². The predicted molar refractivity (Wildman–Crippen MR) is 126 cm³/mol. The van der Waals surface area contributed by atoms with Gasteiger partial charge in [-0.2, -0.15) is 5.10 Å². The van der Waals surface area contributed by atoms with Crippen LogP contribution in [0.5, 0.6) is 0 Å². The number of rotatable bonds is 7. The van der Waals surface area contributed by atoms with Gasteiger partial charge in [0.2, 0.25) is 0 Å². The maximum Gasteiger partial charge on any atom is 0.157 e. The lowest BCUT2D eigenvalue weighted by atomic mass is 9.44. The number of carbonyl (C=O) groups is 1. The molecule has 176 valence electrons. The van der Waals surface area contributed by atoms with Gasteiger partial charge in [0.05, 0.1) is 13.2 Å². The molecule has 4 rings (SSSR count). The van der Waals surface area contributed by atoms with Gasteiger partial charge in [-0.05, 0) is 106 Å². The normalized spacial score (nSPS) is 44.8. The minimum absolute atomic E-state index is 0.156. The Bertz CT molecular complexity index is 686. The number of hydrogen-bond donors (Lipinski definition) is 2. The maximum atomic E-state index is 13.1. The van der Waals surface area contributed by atoms with E-state index in [1.807, 2.05) is 0 Å². The van der Waals surface area contributed by atoms with Crippen LogP contribution in [0.3, 0.4) is 0 Å². The van der Waals surface area contributed by atoms with Gasteiger partial charge in [0.1, 0.15) is 5.84 Å². The number of Topliss-reactive ketones (excluding diaryl/α,β-unsaturated/α-hetero) is 1. The number of nitrogens with zero attached hydrogens (tertiary/aromatic N) is 1. The van der Waals surface area contributed by atoms with Crippen LogP contribution in [0.15, 0.2) is 5.10 Å². The fourth-order valence-electron chi connectivity index (χ4n) is 8.73. The van der Waals surface area contributed by atoms with Gasteiger partial charge in [0, 0.05) is 12.5 Å². The first-order valence-corrected chi connectivity index (χ1v) is 12.9. The van der Waals surface area contributed by atoms with Crippen molar-refractivity contribution in [3.8, 4) is 0 Å². The summed E-state index contributed by atoms with van der Waals surface area (Å²) in [6.07, 6.45) is 11.6. The highest BCUT2D eigenvalue weighted by Gasteiger charge is 2.62. The highest BCUT2D eigenvalue weighted by atomic mass is 16.5. The molecule has 0 aromatic rings. The number of hydrogen-bond acceptors (Lipinski definition) is 4. The molecule has 4 saturated carbocycles. The van der Waals surface area contributed by atoms with E-state index in [-0.39, 0.29) is 11.3 Å². The molecule has 0 radical (unpaired) electrons. The smallest absolute Gasteiger partial charge is 0.157 e. The number of ketones is 1. The molecule has 8 atom stereocenters. The Balaban J connectivity index is 1.53. The highest BCUT2D eigenvalue weighted by Crippen LogP contribution is 2.68. The average molecular weight is 432 g/mol. The van der Waals surface area contributed by atoms with Crippen molar-refractivity contribution in [2.75, 3.05) is 19.8 Å². The second kappa shape index (κ2) is 9.03. The zero-order valence-electron chi connectivity index (χ0n) is 20.3. The topological polar surface area (TPSA) is 76.7 Å². The van der Waals surface area contributed by atoms with Gasteiger partial charge in [0.25, 0.3) is 0 Å². The SMILES string of the molecule is CCOCC12CCC(C)CC1CCC1C3CCC(C(=O)CN/N=C(/C)N)C3(C)CCC12. The lowest BCUT2D eigenvalue weighted by Crippen LogP contribution is -2.56. The van der Waals surface area contributed by atoms with Crippen LogP contribution in [0.2, 0.25) is 0 Å². The largest absolute Gasteiger partial charge is 0.386 e. The summed E-state index contributed by atoms with van der Waals surface area (Å²) in [7, 11) is 0. The highest BCUT2D eigenvalue weighted by molar-refractivity contribution is 5.84. The molecule has 0 bridgehead atoms. The minimum atomic E-state index is 0.156. The molecule has 5 nitrogen and oxygen atoms in total. The molecule has 0 aromatic carbocycles. The van der Waals surface area contributed by atoms with Crippen molar-refractivity contribution in [3.63, 3.8) is 0 Å². The first-order valence-electron chi connectivity index (χ1n) is 12.9. The fraction of sp³-hybridized carbons (Fsp3) is 0.923. The Labute approximate surface area is 189 Å². The van der Waals surface area contributed by atoms with Crippen LogP contribution in [0, 0.1) is 46.3 Å². The van der Waals surface area contributed by atoms with E-state index >= 15 is 0 Å². The third-order valence-electron chi connectivity index (χ3n) is 10.1. The zero-order chi connectivity index (χ0) is 22.2. The first kappa shape index (κ1) is 23.1. The Hall–Kier alpha value is -1.10. The van der Waals surface area contributed by atoms with E-state index in [0.717, 1.165) is 43.3 Å². The standard InChI is InChI=1S/C26H45N3O2/c1-5-31-16-26-13-10-17(2)14-19(26)6-7-20-21-8-9-23(24(30)15-28-29-18(3)27)25(21,4)12-11-22(20)26/h17,19-23,28H,5-16H2,1-4H3,(H2,27,29). The van der Waals surface area contributed by atoms with Crippen LogP contribution < -0.4 is 11.2 Å². The summed E-state index contributed by atoms with van der Waals surface area (Å²) < 4.78 is 6.19. The minimum Gasteiger partial charge on any atom is -0.386 e.